The second-order valence-corrected chi connectivity index (χ2v) is 23.9. The van der Waals surface area contributed by atoms with E-state index in [4.69, 9.17) is 19.4 Å². The lowest BCUT2D eigenvalue weighted by Gasteiger charge is -2.31. The number of hydrogen-bond acceptors (Lipinski definition) is 15. The van der Waals surface area contributed by atoms with E-state index in [-0.39, 0.29) is 54.1 Å². The molecule has 0 saturated carbocycles. The van der Waals surface area contributed by atoms with Gasteiger partial charge in [-0.3, -0.25) is 19.4 Å². The van der Waals surface area contributed by atoms with Crippen LogP contribution >= 0.6 is 36.4 Å². The number of hydrogen-bond donors (Lipinski definition) is 6. The van der Waals surface area contributed by atoms with E-state index in [1.54, 1.807) is 75.1 Å². The van der Waals surface area contributed by atoms with Crippen molar-refractivity contribution in [2.75, 3.05) is 42.3 Å². The molecule has 1 aliphatic heterocycles. The van der Waals surface area contributed by atoms with Crippen LogP contribution in [0.15, 0.2) is 130 Å². The first-order valence-electron chi connectivity index (χ1n) is 23.6. The van der Waals surface area contributed by atoms with E-state index in [0.717, 1.165) is 29.9 Å². The number of aromatic hydroxyl groups is 1. The molecule has 2 aromatic heterocycles. The number of benzene rings is 5. The van der Waals surface area contributed by atoms with Gasteiger partial charge in [0.2, 0.25) is 15.4 Å². The summed E-state index contributed by atoms with van der Waals surface area (Å²) in [6, 6.07) is 29.6. The van der Waals surface area contributed by atoms with Crippen molar-refractivity contribution >= 4 is 103 Å². The molecule has 0 aliphatic carbocycles. The molecule has 0 spiro atoms. The number of nitrogens with zero attached hydrogens (tertiary/aromatic N) is 2. The topological polar surface area (TPSA) is 232 Å². The number of pyridine rings is 2. The smallest absolute Gasteiger partial charge is 0.410 e. The van der Waals surface area contributed by atoms with E-state index in [9.17, 15) is 32.7 Å². The number of nitrogens with one attached hydrogen (secondary N) is 3. The van der Waals surface area contributed by atoms with Crippen LogP contribution in [0.5, 0.6) is 11.5 Å². The Kier molecular flexibility index (Phi) is 16.2. The Morgan fingerprint density at radius 1 is 0.919 bits per heavy atom. The van der Waals surface area contributed by atoms with Crippen molar-refractivity contribution in [2.45, 2.75) is 72.5 Å². The number of thiol groups is 1. The molecular weight excluding hydrogens is 1020 g/mol. The van der Waals surface area contributed by atoms with Crippen molar-refractivity contribution in [3.63, 3.8) is 0 Å². The maximum absolute atomic E-state index is 14.4. The molecule has 16 nitrogen and oxygen atoms in total. The number of carbonyl (C=O) groups is 3. The molecule has 0 bridgehead atoms. The van der Waals surface area contributed by atoms with Crippen LogP contribution in [0.2, 0.25) is 0 Å². The SMILES string of the molecule is COc1cccc(Nc2c(C(N)=O)cnc3c(C)cc(S(=O)(=O)c4cccc(C(=O)Nc5ccc(C6(CCCCN(C[C@H](OS)c7ccc(O)c8[nH]c(=O)ccc78)C(=O)OC(C)(C)C)SCCS6)cc5)c4)cc23)c1. The van der Waals surface area contributed by atoms with E-state index in [2.05, 4.69) is 33.5 Å². The van der Waals surface area contributed by atoms with Gasteiger partial charge in [0.15, 0.2) is 0 Å². The van der Waals surface area contributed by atoms with Crippen LogP contribution in [0.3, 0.4) is 0 Å². The van der Waals surface area contributed by atoms with E-state index in [0.29, 0.717) is 57.5 Å². The molecule has 20 heteroatoms. The molecule has 74 heavy (non-hydrogen) atoms. The Labute approximate surface area is 442 Å². The number of nitrogens with two attached hydrogens (primary N) is 1. The Morgan fingerprint density at radius 3 is 2.36 bits per heavy atom. The summed E-state index contributed by atoms with van der Waals surface area (Å²) in [5.41, 5.74) is 9.17. The highest BCUT2D eigenvalue weighted by Crippen LogP contribution is 2.55. The minimum Gasteiger partial charge on any atom is -0.506 e. The number of methoxy groups -OCH3 is 1. The molecule has 6 N–H and O–H groups in total. The minimum absolute atomic E-state index is 0.0616. The molecule has 1 fully saturated rings. The molecule has 8 rings (SSSR count). The summed E-state index contributed by atoms with van der Waals surface area (Å²) in [5, 5.41) is 17.5. The van der Waals surface area contributed by atoms with Crippen molar-refractivity contribution < 1.29 is 41.6 Å². The van der Waals surface area contributed by atoms with Gasteiger partial charge < -0.3 is 45.0 Å². The predicted molar refractivity (Wildman–Crippen MR) is 295 cm³/mol. The Morgan fingerprint density at radius 2 is 1.66 bits per heavy atom. The molecule has 1 atom stereocenters. The quantitative estimate of drug-likeness (QED) is 0.0267. The van der Waals surface area contributed by atoms with Crippen LogP contribution in [0.25, 0.3) is 21.8 Å². The number of aromatic nitrogens is 2. The zero-order valence-corrected chi connectivity index (χ0v) is 44.6. The second kappa shape index (κ2) is 22.4. The first-order valence-corrected chi connectivity index (χ1v) is 27.4. The number of carbonyl (C=O) groups excluding carboxylic acids is 3. The zero-order chi connectivity index (χ0) is 53.0. The number of rotatable bonds is 18. The summed E-state index contributed by atoms with van der Waals surface area (Å²) < 4.78 is 45.3. The summed E-state index contributed by atoms with van der Waals surface area (Å²) in [7, 11) is -2.69. The number of unbranched alkanes of at least 4 members (excludes halogenated alkanes) is 1. The van der Waals surface area contributed by atoms with Gasteiger partial charge in [-0.1, -0.05) is 30.3 Å². The molecule has 0 radical (unpaired) electrons. The molecule has 386 valence electrons. The van der Waals surface area contributed by atoms with Gasteiger partial charge in [-0.25, -0.2) is 13.2 Å². The van der Waals surface area contributed by atoms with E-state index >= 15 is 0 Å². The van der Waals surface area contributed by atoms with Gasteiger partial charge in [-0.05, 0) is 143 Å². The summed E-state index contributed by atoms with van der Waals surface area (Å²) in [4.78, 5) is 60.7. The van der Waals surface area contributed by atoms with Crippen molar-refractivity contribution in [3.05, 3.63) is 154 Å². The highest BCUT2D eigenvalue weighted by molar-refractivity contribution is 8.20. The minimum atomic E-state index is -4.22. The number of fused-ring (bicyclic) bond motifs is 2. The van der Waals surface area contributed by atoms with Crippen LogP contribution < -0.4 is 26.7 Å². The van der Waals surface area contributed by atoms with Gasteiger partial charge in [0, 0.05) is 64.1 Å². The average Bonchev–Trinajstić information content (AvgIpc) is 3.86. The highest BCUT2D eigenvalue weighted by atomic mass is 32.2. The largest absolute Gasteiger partial charge is 0.506 e. The van der Waals surface area contributed by atoms with Crippen LogP contribution in [0.1, 0.15) is 83.5 Å². The standard InChI is InChI=1S/C54H56N6O10S4/c1-32-26-39(29-42-47(32)56-30-43(50(55)63)48(42)57-36-11-9-12-37(28-36)68-5)74(66,67)38-13-8-10-33(27-38)51(64)58-35-16-14-34(15-17-35)54(72-24-25-73-54)22-6-7-23-60(52(65)69-53(2,3)4)31-45(70-71)40-18-20-44(61)49-41(40)19-21-46(62)59-49/h8-21,26-30,45,61,71H,6-7,22-25,31H2,1-5H3,(H2,55,63)(H,56,57)(H,58,64)(H,59,62)/t45-/m0/s1. The Bertz CT molecular complexity index is 3430. The van der Waals surface area contributed by atoms with Gasteiger partial charge in [-0.15, -0.1) is 23.5 Å². The lowest BCUT2D eigenvalue weighted by atomic mass is 10.0. The van der Waals surface area contributed by atoms with E-state index in [1.165, 1.54) is 55.8 Å². The third-order valence-electron chi connectivity index (χ3n) is 12.4. The van der Waals surface area contributed by atoms with Gasteiger partial charge in [0.05, 0.1) is 49.8 Å². The first kappa shape index (κ1) is 53.6. The van der Waals surface area contributed by atoms with E-state index in [1.807, 2.05) is 47.8 Å². The molecule has 0 unspecified atom stereocenters. The van der Waals surface area contributed by atoms with Crippen molar-refractivity contribution in [2.24, 2.45) is 5.73 Å². The molecule has 3 amide bonds. The number of anilines is 3. The van der Waals surface area contributed by atoms with Crippen LogP contribution in [-0.2, 0) is 22.8 Å². The van der Waals surface area contributed by atoms with Gasteiger partial charge >= 0.3 is 6.09 Å². The van der Waals surface area contributed by atoms with E-state index < -0.39 is 39.4 Å². The number of phenolic OH excluding ortho intramolecular Hbond substituents is 1. The van der Waals surface area contributed by atoms with Gasteiger partial charge in [-0.2, -0.15) is 0 Å². The third kappa shape index (κ3) is 11.9. The zero-order valence-electron chi connectivity index (χ0n) is 41.3. The molecule has 1 aliphatic rings. The first-order chi connectivity index (χ1) is 35.3. The lowest BCUT2D eigenvalue weighted by molar-refractivity contribution is 0.0179. The number of aryl methyl sites for hydroxylation is 1. The van der Waals surface area contributed by atoms with Crippen molar-refractivity contribution in [1.82, 2.24) is 14.9 Å². The van der Waals surface area contributed by atoms with Crippen LogP contribution in [0, 0.1) is 6.92 Å². The summed E-state index contributed by atoms with van der Waals surface area (Å²) in [6.45, 7) is 7.58. The van der Waals surface area contributed by atoms with Crippen molar-refractivity contribution in [1.29, 1.82) is 0 Å². The number of ether oxygens (including phenoxy) is 2. The average molecular weight is 1080 g/mol. The maximum Gasteiger partial charge on any atom is 0.410 e. The predicted octanol–water partition coefficient (Wildman–Crippen LogP) is 10.7. The number of sulfone groups is 1. The molecular formula is C54H56N6O10S4. The Balaban J connectivity index is 0.956. The number of aromatic amines is 1. The highest BCUT2D eigenvalue weighted by Gasteiger charge is 2.37. The summed E-state index contributed by atoms with van der Waals surface area (Å²) >= 11 is 7.90. The molecule has 1 saturated heterocycles. The fourth-order valence-corrected chi connectivity index (χ4v) is 13.7. The number of amides is 3. The number of H-pyrrole nitrogens is 1. The fraction of sp³-hybridized carbons (Fsp3) is 0.278. The molecule has 7 aromatic rings. The Hall–Kier alpha value is -6.71. The molecule has 5 aromatic carbocycles. The second-order valence-electron chi connectivity index (χ2n) is 18.7. The number of phenols is 1. The fourth-order valence-electron chi connectivity index (χ4n) is 8.80. The summed E-state index contributed by atoms with van der Waals surface area (Å²) in [5.74, 6) is 1.11. The van der Waals surface area contributed by atoms with Crippen LogP contribution in [-0.4, -0.2) is 83.6 Å². The number of thioether (sulfide) groups is 2. The lowest BCUT2D eigenvalue weighted by Crippen LogP contribution is -2.40. The molecule has 3 heterocycles. The number of primary amides is 1. The van der Waals surface area contributed by atoms with Crippen molar-refractivity contribution in [3.8, 4) is 11.5 Å². The van der Waals surface area contributed by atoms with Gasteiger partial charge in [0.1, 0.15) is 23.2 Å². The maximum atomic E-state index is 14.4. The van der Waals surface area contributed by atoms with Crippen LogP contribution in [0.4, 0.5) is 21.9 Å². The normalized spacial score (nSPS) is 13.9. The van der Waals surface area contributed by atoms with Gasteiger partial charge in [0.25, 0.3) is 11.8 Å². The third-order valence-corrected chi connectivity index (χ3v) is 18.0. The monoisotopic (exact) mass is 1080 g/mol. The summed E-state index contributed by atoms with van der Waals surface area (Å²) in [6.07, 6.45) is 2.31.